The van der Waals surface area contributed by atoms with Crippen LogP contribution in [0.4, 0.5) is 8.78 Å². The number of rotatable bonds is 3. The van der Waals surface area contributed by atoms with Crippen LogP contribution >= 0.6 is 12.4 Å². The number of piperazine rings is 1. The minimum atomic E-state index is -0.566. The van der Waals surface area contributed by atoms with Gasteiger partial charge in [0.25, 0.3) is 0 Å². The Morgan fingerprint density at radius 1 is 1.42 bits per heavy atom. The molecular weight excluding hydrogens is 338 g/mol. The maximum atomic E-state index is 13.8. The molecule has 0 spiro atoms. The fraction of sp³-hybridized carbons (Fsp3) is 0.375. The first kappa shape index (κ1) is 18.4. The highest BCUT2D eigenvalue weighted by molar-refractivity contribution is 5.85. The third kappa shape index (κ3) is 3.73. The van der Waals surface area contributed by atoms with Crippen molar-refractivity contribution in [3.63, 3.8) is 0 Å². The number of aromatic nitrogens is 2. The molecule has 1 fully saturated rings. The van der Waals surface area contributed by atoms with Crippen LogP contribution < -0.4 is 5.32 Å². The van der Waals surface area contributed by atoms with Gasteiger partial charge in [-0.1, -0.05) is 0 Å². The van der Waals surface area contributed by atoms with Crippen molar-refractivity contribution in [3.8, 4) is 0 Å². The normalized spacial score (nSPS) is 17.5. The van der Waals surface area contributed by atoms with Crippen LogP contribution in [-0.2, 0) is 18.3 Å². The van der Waals surface area contributed by atoms with Crippen molar-refractivity contribution >= 4 is 18.3 Å². The summed E-state index contributed by atoms with van der Waals surface area (Å²) in [6.45, 7) is 1.76. The van der Waals surface area contributed by atoms with Crippen molar-refractivity contribution in [2.24, 2.45) is 7.05 Å². The Bertz CT molecular complexity index is 722. The summed E-state index contributed by atoms with van der Waals surface area (Å²) >= 11 is 0. The summed E-state index contributed by atoms with van der Waals surface area (Å²) < 4.78 is 28.9. The minimum Gasteiger partial charge on any atom is -0.336 e. The lowest BCUT2D eigenvalue weighted by Gasteiger charge is -2.35. The summed E-state index contributed by atoms with van der Waals surface area (Å²) in [4.78, 5) is 18.6. The first-order valence-electron chi connectivity index (χ1n) is 7.47. The van der Waals surface area contributed by atoms with Gasteiger partial charge in [-0.15, -0.1) is 12.4 Å². The van der Waals surface area contributed by atoms with Crippen LogP contribution in [0.25, 0.3) is 0 Å². The van der Waals surface area contributed by atoms with E-state index in [1.165, 1.54) is 0 Å². The van der Waals surface area contributed by atoms with E-state index in [1.54, 1.807) is 11.1 Å². The van der Waals surface area contributed by atoms with E-state index < -0.39 is 11.6 Å². The molecule has 3 rings (SSSR count). The van der Waals surface area contributed by atoms with Crippen molar-refractivity contribution in [1.82, 2.24) is 19.8 Å². The van der Waals surface area contributed by atoms with Gasteiger partial charge in [-0.25, -0.2) is 13.8 Å². The highest BCUT2D eigenvalue weighted by Gasteiger charge is 2.30. The lowest BCUT2D eigenvalue weighted by atomic mass is 10.1. The Morgan fingerprint density at radius 3 is 2.92 bits per heavy atom. The van der Waals surface area contributed by atoms with Crippen LogP contribution in [0.3, 0.4) is 0 Å². The van der Waals surface area contributed by atoms with Crippen molar-refractivity contribution < 1.29 is 13.6 Å². The number of carbonyl (C=O) groups excluding carboxylic acids is 1. The van der Waals surface area contributed by atoms with Gasteiger partial charge in [0.1, 0.15) is 23.5 Å². The molecule has 2 aromatic rings. The van der Waals surface area contributed by atoms with Gasteiger partial charge in [-0.3, -0.25) is 4.79 Å². The monoisotopic (exact) mass is 356 g/mol. The smallest absolute Gasteiger partial charge is 0.227 e. The number of benzene rings is 1. The second-order valence-corrected chi connectivity index (χ2v) is 5.62. The molecule has 5 nitrogen and oxygen atoms in total. The highest BCUT2D eigenvalue weighted by atomic mass is 35.5. The van der Waals surface area contributed by atoms with Crippen molar-refractivity contribution in [2.45, 2.75) is 12.5 Å². The predicted octanol–water partition coefficient (Wildman–Crippen LogP) is 1.84. The van der Waals surface area contributed by atoms with E-state index in [4.69, 9.17) is 0 Å². The molecule has 1 aromatic carbocycles. The Kier molecular flexibility index (Phi) is 5.90. The largest absolute Gasteiger partial charge is 0.336 e. The van der Waals surface area contributed by atoms with E-state index in [-0.39, 0.29) is 36.3 Å². The SMILES string of the molecule is Cl.Cn1ccnc1C1CNCCN1C(=O)Cc1cc(F)ccc1F. The standard InChI is InChI=1S/C16H18F2N4O.ClH/c1-21-6-5-20-16(21)14-10-19-4-7-22(14)15(23)9-11-8-12(17)2-3-13(11)18;/h2-3,5-6,8,14,19H,4,7,9-10H2,1H3;1H. The van der Waals surface area contributed by atoms with Gasteiger partial charge < -0.3 is 14.8 Å². The molecule has 8 heteroatoms. The highest BCUT2D eigenvalue weighted by Crippen LogP contribution is 2.22. The molecule has 1 atom stereocenters. The third-order valence-corrected chi connectivity index (χ3v) is 4.07. The van der Waals surface area contributed by atoms with E-state index in [9.17, 15) is 13.6 Å². The zero-order valence-corrected chi connectivity index (χ0v) is 14.0. The van der Waals surface area contributed by atoms with Crippen LogP contribution in [0.15, 0.2) is 30.6 Å². The molecular formula is C16H19ClF2N4O. The zero-order valence-electron chi connectivity index (χ0n) is 13.2. The molecule has 24 heavy (non-hydrogen) atoms. The van der Waals surface area contributed by atoms with Gasteiger partial charge in [0.15, 0.2) is 0 Å². The van der Waals surface area contributed by atoms with Gasteiger partial charge in [0.2, 0.25) is 5.91 Å². The second kappa shape index (κ2) is 7.72. The Labute approximate surface area is 145 Å². The van der Waals surface area contributed by atoms with Gasteiger partial charge >= 0.3 is 0 Å². The predicted molar refractivity (Wildman–Crippen MR) is 87.8 cm³/mol. The van der Waals surface area contributed by atoms with E-state index in [0.717, 1.165) is 24.0 Å². The van der Waals surface area contributed by atoms with Crippen molar-refractivity contribution in [1.29, 1.82) is 0 Å². The quantitative estimate of drug-likeness (QED) is 0.913. The van der Waals surface area contributed by atoms with Crippen LogP contribution in [0.1, 0.15) is 17.4 Å². The van der Waals surface area contributed by atoms with E-state index in [0.29, 0.717) is 19.6 Å². The Hall–Kier alpha value is -1.99. The van der Waals surface area contributed by atoms with E-state index in [2.05, 4.69) is 10.3 Å². The maximum absolute atomic E-state index is 13.8. The van der Waals surface area contributed by atoms with Crippen LogP contribution in [-0.4, -0.2) is 40.0 Å². The van der Waals surface area contributed by atoms with Gasteiger partial charge in [0, 0.05) is 44.6 Å². The third-order valence-electron chi connectivity index (χ3n) is 4.07. The summed E-state index contributed by atoms with van der Waals surface area (Å²) in [5, 5.41) is 3.24. The topological polar surface area (TPSA) is 50.2 Å². The fourth-order valence-electron chi connectivity index (χ4n) is 2.87. The lowest BCUT2D eigenvalue weighted by molar-refractivity contribution is -0.134. The number of amides is 1. The number of aryl methyl sites for hydroxylation is 1. The summed E-state index contributed by atoms with van der Waals surface area (Å²) in [5.74, 6) is -0.576. The van der Waals surface area contributed by atoms with E-state index in [1.807, 2.05) is 17.8 Å². The number of carbonyl (C=O) groups is 1. The first-order chi connectivity index (χ1) is 11.1. The molecule has 1 unspecified atom stereocenters. The van der Waals surface area contributed by atoms with Crippen molar-refractivity contribution in [3.05, 3.63) is 53.6 Å². The van der Waals surface area contributed by atoms with E-state index >= 15 is 0 Å². The fourth-order valence-corrected chi connectivity index (χ4v) is 2.87. The second-order valence-electron chi connectivity index (χ2n) is 5.62. The van der Waals surface area contributed by atoms with Crippen LogP contribution in [0.5, 0.6) is 0 Å². The zero-order chi connectivity index (χ0) is 16.4. The summed E-state index contributed by atoms with van der Waals surface area (Å²) in [7, 11) is 1.87. The van der Waals surface area contributed by atoms with Gasteiger partial charge in [0.05, 0.1) is 6.42 Å². The average Bonchev–Trinajstić information content (AvgIpc) is 2.97. The van der Waals surface area contributed by atoms with Gasteiger partial charge in [-0.2, -0.15) is 0 Å². The first-order valence-corrected chi connectivity index (χ1v) is 7.47. The maximum Gasteiger partial charge on any atom is 0.227 e. The minimum absolute atomic E-state index is 0. The van der Waals surface area contributed by atoms with Gasteiger partial charge in [-0.05, 0) is 18.2 Å². The molecule has 2 heterocycles. The summed E-state index contributed by atoms with van der Waals surface area (Å²) in [5.41, 5.74) is 0.0760. The van der Waals surface area contributed by atoms with Crippen molar-refractivity contribution in [2.75, 3.05) is 19.6 Å². The van der Waals surface area contributed by atoms with Crippen LogP contribution in [0.2, 0.25) is 0 Å². The molecule has 1 aromatic heterocycles. The lowest BCUT2D eigenvalue weighted by Crippen LogP contribution is -2.50. The molecule has 0 saturated carbocycles. The number of nitrogens with one attached hydrogen (secondary N) is 1. The molecule has 1 N–H and O–H groups in total. The molecule has 1 amide bonds. The molecule has 0 bridgehead atoms. The number of hydrogen-bond donors (Lipinski definition) is 1. The van der Waals surface area contributed by atoms with Crippen LogP contribution in [0, 0.1) is 11.6 Å². The molecule has 1 aliphatic heterocycles. The molecule has 1 saturated heterocycles. The number of nitrogens with zero attached hydrogens (tertiary/aromatic N) is 3. The average molecular weight is 357 g/mol. The Morgan fingerprint density at radius 2 is 2.21 bits per heavy atom. The summed E-state index contributed by atoms with van der Waals surface area (Å²) in [6.07, 6.45) is 3.34. The summed E-state index contributed by atoms with van der Waals surface area (Å²) in [6, 6.07) is 2.95. The number of imidazole rings is 1. The molecule has 1 aliphatic rings. The molecule has 0 radical (unpaired) electrons. The number of halogens is 3. The number of hydrogen-bond acceptors (Lipinski definition) is 3. The molecule has 0 aliphatic carbocycles. The Balaban J connectivity index is 0.00000208. The molecule has 130 valence electrons.